The zero-order valence-corrected chi connectivity index (χ0v) is 17.0. The number of carbonyl (C=O) groups is 1. The Labute approximate surface area is 166 Å². The van der Waals surface area contributed by atoms with E-state index in [0.717, 1.165) is 15.9 Å². The van der Waals surface area contributed by atoms with Gasteiger partial charge in [-0.25, -0.2) is 0 Å². The number of hydrogen-bond acceptors (Lipinski definition) is 4. The summed E-state index contributed by atoms with van der Waals surface area (Å²) in [5.41, 5.74) is 0.826. The number of ether oxygens (including phenoxy) is 1. The first-order chi connectivity index (χ1) is 13.1. The summed E-state index contributed by atoms with van der Waals surface area (Å²) in [6.07, 6.45) is 3.56. The molecule has 0 atom stereocenters. The monoisotopic (exact) mass is 434 g/mol. The highest BCUT2D eigenvalue weighted by Crippen LogP contribution is 2.18. The highest BCUT2D eigenvalue weighted by molar-refractivity contribution is 9.10. The van der Waals surface area contributed by atoms with Gasteiger partial charge in [-0.3, -0.25) is 14.5 Å². The largest absolute Gasteiger partial charge is 0.492 e. The van der Waals surface area contributed by atoms with Crippen molar-refractivity contribution in [1.82, 2.24) is 20.0 Å². The van der Waals surface area contributed by atoms with Crippen LogP contribution < -0.4 is 15.0 Å². The molecule has 0 saturated carbocycles. The van der Waals surface area contributed by atoms with Gasteiger partial charge in [-0.15, -0.1) is 0 Å². The Morgan fingerprint density at radius 3 is 2.93 bits per heavy atom. The smallest absolute Gasteiger partial charge is 0.246 e. The molecule has 1 aromatic carbocycles. The molecule has 0 aliphatic carbocycles. The van der Waals surface area contributed by atoms with Gasteiger partial charge in [-0.2, -0.15) is 5.10 Å². The van der Waals surface area contributed by atoms with Crippen LogP contribution in [0.2, 0.25) is 0 Å². The molecule has 3 rings (SSSR count). The van der Waals surface area contributed by atoms with E-state index in [1.165, 1.54) is 0 Å². The molecule has 1 aromatic heterocycles. The van der Waals surface area contributed by atoms with Crippen molar-refractivity contribution in [2.24, 2.45) is 12.0 Å². The average molecular weight is 435 g/mol. The van der Waals surface area contributed by atoms with Gasteiger partial charge in [-0.05, 0) is 18.2 Å². The number of aryl methyl sites for hydroxylation is 1. The Bertz CT molecular complexity index is 822. The first kappa shape index (κ1) is 19.2. The molecule has 144 valence electrons. The van der Waals surface area contributed by atoms with Crippen molar-refractivity contribution in [2.75, 3.05) is 44.7 Å². The molecule has 8 nitrogen and oxygen atoms in total. The summed E-state index contributed by atoms with van der Waals surface area (Å²) in [4.78, 5) is 20.5. The van der Waals surface area contributed by atoms with E-state index in [0.29, 0.717) is 32.2 Å². The van der Waals surface area contributed by atoms with E-state index in [9.17, 15) is 4.79 Å². The third kappa shape index (κ3) is 5.00. The summed E-state index contributed by atoms with van der Waals surface area (Å²) in [5.74, 6) is 1.54. The maximum absolute atomic E-state index is 12.5. The maximum atomic E-state index is 12.5. The van der Waals surface area contributed by atoms with E-state index in [2.05, 4.69) is 31.3 Å². The molecule has 0 bridgehead atoms. The van der Waals surface area contributed by atoms with Crippen LogP contribution in [0.1, 0.15) is 0 Å². The second kappa shape index (κ2) is 8.90. The molecule has 1 aliphatic rings. The molecule has 27 heavy (non-hydrogen) atoms. The van der Waals surface area contributed by atoms with Crippen molar-refractivity contribution in [2.45, 2.75) is 0 Å². The number of halogens is 1. The molecule has 1 saturated heterocycles. The summed E-state index contributed by atoms with van der Waals surface area (Å²) >= 11 is 3.42. The number of anilines is 1. The van der Waals surface area contributed by atoms with Crippen LogP contribution >= 0.6 is 15.9 Å². The van der Waals surface area contributed by atoms with Gasteiger partial charge in [0.05, 0.1) is 18.4 Å². The first-order valence-corrected chi connectivity index (χ1v) is 9.49. The van der Waals surface area contributed by atoms with E-state index < -0.39 is 0 Å². The first-order valence-electron chi connectivity index (χ1n) is 8.70. The number of benzene rings is 1. The summed E-state index contributed by atoms with van der Waals surface area (Å²) in [6.45, 7) is 2.67. The van der Waals surface area contributed by atoms with Crippen molar-refractivity contribution in [3.8, 4) is 5.75 Å². The Kier molecular flexibility index (Phi) is 6.33. The van der Waals surface area contributed by atoms with Crippen LogP contribution in [-0.4, -0.2) is 66.4 Å². The van der Waals surface area contributed by atoms with Crippen molar-refractivity contribution in [3.05, 3.63) is 41.1 Å². The quantitative estimate of drug-likeness (QED) is 0.438. The minimum absolute atomic E-state index is 0.0302. The highest BCUT2D eigenvalue weighted by Gasteiger charge is 2.27. The molecule has 0 radical (unpaired) electrons. The molecule has 1 amide bonds. The molecular weight excluding hydrogens is 412 g/mol. The molecule has 0 spiro atoms. The molecule has 2 aromatic rings. The number of hydrogen-bond donors (Lipinski definition) is 1. The van der Waals surface area contributed by atoms with Crippen LogP contribution in [0.15, 0.2) is 46.1 Å². The normalized spacial score (nSPS) is 15.2. The van der Waals surface area contributed by atoms with Crippen molar-refractivity contribution >= 4 is 33.5 Å². The minimum atomic E-state index is 0.0302. The van der Waals surface area contributed by atoms with Gasteiger partial charge in [0.1, 0.15) is 18.9 Å². The lowest BCUT2D eigenvalue weighted by Crippen LogP contribution is -2.55. The van der Waals surface area contributed by atoms with Crippen molar-refractivity contribution in [3.63, 3.8) is 0 Å². The molecule has 1 N–H and O–H groups in total. The third-order valence-electron chi connectivity index (χ3n) is 4.18. The number of rotatable bonds is 5. The van der Waals surface area contributed by atoms with Crippen LogP contribution in [0, 0.1) is 0 Å². The van der Waals surface area contributed by atoms with Crippen LogP contribution in [0.25, 0.3) is 0 Å². The molecule has 2 heterocycles. The minimum Gasteiger partial charge on any atom is -0.492 e. The predicted molar refractivity (Wildman–Crippen MR) is 108 cm³/mol. The van der Waals surface area contributed by atoms with Gasteiger partial charge in [0.25, 0.3) is 0 Å². The lowest BCUT2D eigenvalue weighted by atomic mass is 10.3. The number of amides is 1. The lowest BCUT2D eigenvalue weighted by Gasteiger charge is -2.35. The van der Waals surface area contributed by atoms with Crippen molar-refractivity contribution < 1.29 is 9.53 Å². The van der Waals surface area contributed by atoms with Crippen LogP contribution in [0.3, 0.4) is 0 Å². The number of aliphatic imine (C=N–C) groups is 1. The topological polar surface area (TPSA) is 75.0 Å². The van der Waals surface area contributed by atoms with Crippen LogP contribution in [0.5, 0.6) is 5.75 Å². The van der Waals surface area contributed by atoms with Crippen LogP contribution in [0.4, 0.5) is 5.69 Å². The zero-order chi connectivity index (χ0) is 19.2. The molecular formula is C18H23BrN6O2. The highest BCUT2D eigenvalue weighted by atomic mass is 79.9. The van der Waals surface area contributed by atoms with Gasteiger partial charge in [0.15, 0.2) is 5.96 Å². The van der Waals surface area contributed by atoms with E-state index in [-0.39, 0.29) is 12.5 Å². The fraction of sp³-hybridized carbons (Fsp3) is 0.389. The number of piperazine rings is 1. The van der Waals surface area contributed by atoms with Crippen molar-refractivity contribution in [1.29, 1.82) is 0 Å². The lowest BCUT2D eigenvalue weighted by molar-refractivity contribution is -0.120. The maximum Gasteiger partial charge on any atom is 0.246 e. The summed E-state index contributed by atoms with van der Waals surface area (Å²) in [6, 6.07) is 7.72. The standard InChI is InChI=1S/C18H23BrN6O2/c1-20-18(21-6-9-27-16-5-3-4-14(19)10-16)24-7-8-25(17(26)13-24)15-11-22-23(2)12-15/h3-5,10-12H,6-9,13H2,1-2H3,(H,20,21). The molecule has 0 unspecified atom stereocenters. The van der Waals surface area contributed by atoms with Gasteiger partial charge in [-0.1, -0.05) is 22.0 Å². The Hall–Kier alpha value is -2.55. The van der Waals surface area contributed by atoms with E-state index in [1.807, 2.05) is 42.4 Å². The molecule has 1 aliphatic heterocycles. The van der Waals surface area contributed by atoms with Gasteiger partial charge < -0.3 is 19.9 Å². The summed E-state index contributed by atoms with van der Waals surface area (Å²) in [7, 11) is 3.56. The molecule has 1 fully saturated rings. The van der Waals surface area contributed by atoms with E-state index in [1.54, 1.807) is 22.8 Å². The van der Waals surface area contributed by atoms with Gasteiger partial charge >= 0.3 is 0 Å². The van der Waals surface area contributed by atoms with E-state index >= 15 is 0 Å². The Balaban J connectivity index is 1.48. The number of nitrogens with zero attached hydrogens (tertiary/aromatic N) is 5. The number of carbonyl (C=O) groups excluding carboxylic acids is 1. The predicted octanol–water partition coefficient (Wildman–Crippen LogP) is 1.49. The number of nitrogens with one attached hydrogen (secondary N) is 1. The second-order valence-corrected chi connectivity index (χ2v) is 7.03. The number of aromatic nitrogens is 2. The average Bonchev–Trinajstić information content (AvgIpc) is 3.08. The van der Waals surface area contributed by atoms with E-state index in [4.69, 9.17) is 4.74 Å². The Morgan fingerprint density at radius 2 is 2.26 bits per heavy atom. The summed E-state index contributed by atoms with van der Waals surface area (Å²) in [5, 5.41) is 7.39. The summed E-state index contributed by atoms with van der Waals surface area (Å²) < 4.78 is 8.39. The Morgan fingerprint density at radius 1 is 1.41 bits per heavy atom. The fourth-order valence-electron chi connectivity index (χ4n) is 2.90. The van der Waals surface area contributed by atoms with Gasteiger partial charge in [0.2, 0.25) is 5.91 Å². The fourth-order valence-corrected chi connectivity index (χ4v) is 3.27. The number of guanidine groups is 1. The third-order valence-corrected chi connectivity index (χ3v) is 4.68. The SMILES string of the molecule is CN=C(NCCOc1cccc(Br)c1)N1CCN(c2cnn(C)c2)C(=O)C1. The second-order valence-electron chi connectivity index (χ2n) is 6.12. The molecule has 9 heteroatoms. The van der Waals surface area contributed by atoms with Gasteiger partial charge in [0, 0.05) is 37.9 Å². The van der Waals surface area contributed by atoms with Crippen LogP contribution in [-0.2, 0) is 11.8 Å². The zero-order valence-electron chi connectivity index (χ0n) is 15.4.